The number of benzene rings is 3. The van der Waals surface area contributed by atoms with Crippen LogP contribution in [0.2, 0.25) is 0 Å². The van der Waals surface area contributed by atoms with Gasteiger partial charge in [0.05, 0.1) is 17.2 Å². The van der Waals surface area contributed by atoms with Crippen LogP contribution in [0.25, 0.3) is 0 Å². The molecule has 0 aliphatic carbocycles. The van der Waals surface area contributed by atoms with Crippen molar-refractivity contribution in [3.05, 3.63) is 93.7 Å². The van der Waals surface area contributed by atoms with E-state index in [4.69, 9.17) is 9.47 Å². The molecule has 6 heteroatoms. The van der Waals surface area contributed by atoms with E-state index in [0.29, 0.717) is 37.8 Å². The molecule has 0 bridgehead atoms. The van der Waals surface area contributed by atoms with E-state index in [2.05, 4.69) is 21.2 Å². The van der Waals surface area contributed by atoms with E-state index in [0.717, 1.165) is 21.2 Å². The van der Waals surface area contributed by atoms with Gasteiger partial charge >= 0.3 is 0 Å². The summed E-state index contributed by atoms with van der Waals surface area (Å²) in [6.07, 6.45) is -0.570. The number of hydrogen-bond acceptors (Lipinski definition) is 4. The molecular weight excluding hydrogens is 449 g/mol. The number of nitrogens with one attached hydrogen (secondary N) is 1. The molecule has 0 aliphatic heterocycles. The van der Waals surface area contributed by atoms with E-state index in [1.807, 2.05) is 49.4 Å². The van der Waals surface area contributed by atoms with Crippen molar-refractivity contribution in [1.29, 1.82) is 0 Å². The molecule has 2 N–H and O–H groups in total. The predicted molar refractivity (Wildman–Crippen MR) is 119 cm³/mol. The van der Waals surface area contributed by atoms with Gasteiger partial charge in [-0.05, 0) is 63.8 Å². The first-order valence-electron chi connectivity index (χ1n) is 9.83. The summed E-state index contributed by atoms with van der Waals surface area (Å²) in [6, 6.07) is 19.7. The zero-order valence-electron chi connectivity index (χ0n) is 16.8. The molecule has 0 amide bonds. The van der Waals surface area contributed by atoms with E-state index in [1.54, 1.807) is 12.1 Å². The van der Waals surface area contributed by atoms with Crippen LogP contribution < -0.4 is 14.8 Å². The Balaban J connectivity index is 1.64. The molecule has 1 atom stereocenters. The largest absolute Gasteiger partial charge is 0.490 e. The van der Waals surface area contributed by atoms with E-state index in [-0.39, 0.29) is 5.82 Å². The highest BCUT2D eigenvalue weighted by Crippen LogP contribution is 2.37. The molecule has 0 fully saturated rings. The van der Waals surface area contributed by atoms with Gasteiger partial charge < -0.3 is 19.9 Å². The maximum Gasteiger partial charge on any atom is 0.175 e. The third-order valence-electron chi connectivity index (χ3n) is 4.52. The van der Waals surface area contributed by atoms with Gasteiger partial charge in [0.2, 0.25) is 0 Å². The van der Waals surface area contributed by atoms with Crippen molar-refractivity contribution in [3.63, 3.8) is 0 Å². The lowest BCUT2D eigenvalue weighted by Gasteiger charge is -2.17. The third kappa shape index (κ3) is 6.29. The minimum Gasteiger partial charge on any atom is -0.490 e. The van der Waals surface area contributed by atoms with Gasteiger partial charge in [-0.2, -0.15) is 0 Å². The van der Waals surface area contributed by atoms with Gasteiger partial charge in [0.25, 0.3) is 0 Å². The Morgan fingerprint density at radius 3 is 2.43 bits per heavy atom. The summed E-state index contributed by atoms with van der Waals surface area (Å²) >= 11 is 3.57. The molecule has 0 spiro atoms. The third-order valence-corrected chi connectivity index (χ3v) is 5.11. The summed E-state index contributed by atoms with van der Waals surface area (Å²) in [6.45, 7) is 3.73. The van der Waals surface area contributed by atoms with Crippen LogP contribution in [0.3, 0.4) is 0 Å². The smallest absolute Gasteiger partial charge is 0.175 e. The Labute approximate surface area is 184 Å². The number of hydrogen-bond donors (Lipinski definition) is 2. The van der Waals surface area contributed by atoms with Crippen LogP contribution in [0.4, 0.5) is 4.39 Å². The zero-order valence-corrected chi connectivity index (χ0v) is 18.4. The molecule has 0 saturated carbocycles. The summed E-state index contributed by atoms with van der Waals surface area (Å²) in [5.41, 5.74) is 2.75. The number of aliphatic hydroxyl groups is 1. The van der Waals surface area contributed by atoms with Crippen molar-refractivity contribution in [1.82, 2.24) is 5.32 Å². The fourth-order valence-corrected chi connectivity index (χ4v) is 3.61. The zero-order chi connectivity index (χ0) is 21.3. The molecular formula is C24H25BrFNO3. The van der Waals surface area contributed by atoms with Crippen molar-refractivity contribution in [3.8, 4) is 11.5 Å². The topological polar surface area (TPSA) is 50.7 Å². The summed E-state index contributed by atoms with van der Waals surface area (Å²) in [5, 5.41) is 13.6. The molecule has 0 saturated heterocycles. The predicted octanol–water partition coefficient (Wildman–Crippen LogP) is 5.39. The molecule has 3 aromatic rings. The number of aliphatic hydroxyl groups excluding tert-OH is 1. The van der Waals surface area contributed by atoms with Crippen LogP contribution >= 0.6 is 15.9 Å². The van der Waals surface area contributed by atoms with Crippen molar-refractivity contribution < 1.29 is 19.0 Å². The lowest BCUT2D eigenvalue weighted by Crippen LogP contribution is -2.21. The normalized spacial score (nSPS) is 11.9. The molecule has 0 heterocycles. The first kappa shape index (κ1) is 22.3. The Morgan fingerprint density at radius 2 is 1.73 bits per heavy atom. The van der Waals surface area contributed by atoms with Gasteiger partial charge in [-0.1, -0.05) is 42.5 Å². The quantitative estimate of drug-likeness (QED) is 0.414. The first-order chi connectivity index (χ1) is 14.6. The average molecular weight is 474 g/mol. The monoisotopic (exact) mass is 473 g/mol. The standard InChI is InChI=1S/C24H25BrFNO3/c1-2-29-23-13-18(14-27-15-22(28)19-6-4-3-5-7-19)12-21(25)24(23)30-16-17-8-10-20(26)11-9-17/h3-13,22,27-28H,2,14-16H2,1H3/t22-/m0/s1. The highest BCUT2D eigenvalue weighted by Gasteiger charge is 2.13. The molecule has 0 aromatic heterocycles. The van der Waals surface area contributed by atoms with Crippen LogP contribution in [-0.2, 0) is 13.2 Å². The molecule has 3 rings (SSSR count). The molecule has 4 nitrogen and oxygen atoms in total. The minimum atomic E-state index is -0.570. The second-order valence-electron chi connectivity index (χ2n) is 6.81. The van der Waals surface area contributed by atoms with Gasteiger partial charge in [0, 0.05) is 13.1 Å². The van der Waals surface area contributed by atoms with Crippen LogP contribution in [0.1, 0.15) is 29.7 Å². The highest BCUT2D eigenvalue weighted by atomic mass is 79.9. The number of ether oxygens (including phenoxy) is 2. The van der Waals surface area contributed by atoms with Gasteiger partial charge in [-0.25, -0.2) is 4.39 Å². The van der Waals surface area contributed by atoms with E-state index in [1.165, 1.54) is 12.1 Å². The van der Waals surface area contributed by atoms with Crippen LogP contribution in [0.5, 0.6) is 11.5 Å². The molecule has 0 unspecified atom stereocenters. The van der Waals surface area contributed by atoms with Crippen molar-refractivity contribution >= 4 is 15.9 Å². The Kier molecular flexibility index (Phi) is 8.25. The Bertz CT molecular complexity index is 935. The second-order valence-corrected chi connectivity index (χ2v) is 7.66. The lowest BCUT2D eigenvalue weighted by molar-refractivity contribution is 0.174. The maximum absolute atomic E-state index is 13.1. The first-order valence-corrected chi connectivity index (χ1v) is 10.6. The summed E-state index contributed by atoms with van der Waals surface area (Å²) in [7, 11) is 0. The van der Waals surface area contributed by atoms with Crippen molar-refractivity contribution in [2.75, 3.05) is 13.2 Å². The fourth-order valence-electron chi connectivity index (χ4n) is 3.01. The van der Waals surface area contributed by atoms with E-state index < -0.39 is 6.10 Å². The lowest BCUT2D eigenvalue weighted by atomic mass is 10.1. The van der Waals surface area contributed by atoms with Gasteiger partial charge in [-0.15, -0.1) is 0 Å². The molecule has 0 radical (unpaired) electrons. The van der Waals surface area contributed by atoms with Gasteiger partial charge in [-0.3, -0.25) is 0 Å². The summed E-state index contributed by atoms with van der Waals surface area (Å²) in [4.78, 5) is 0. The molecule has 3 aromatic carbocycles. The number of halogens is 2. The second kappa shape index (κ2) is 11.1. The number of rotatable bonds is 10. The molecule has 158 valence electrons. The molecule has 0 aliphatic rings. The van der Waals surface area contributed by atoms with Crippen LogP contribution in [0.15, 0.2) is 71.2 Å². The van der Waals surface area contributed by atoms with E-state index >= 15 is 0 Å². The van der Waals surface area contributed by atoms with Gasteiger partial charge in [0.15, 0.2) is 11.5 Å². The highest BCUT2D eigenvalue weighted by molar-refractivity contribution is 9.10. The SMILES string of the molecule is CCOc1cc(CNC[C@H](O)c2ccccc2)cc(Br)c1OCc1ccc(F)cc1. The van der Waals surface area contributed by atoms with Crippen LogP contribution in [0, 0.1) is 5.82 Å². The van der Waals surface area contributed by atoms with E-state index in [9.17, 15) is 9.50 Å². The van der Waals surface area contributed by atoms with Crippen molar-refractivity contribution in [2.24, 2.45) is 0 Å². The van der Waals surface area contributed by atoms with Crippen LogP contribution in [-0.4, -0.2) is 18.3 Å². The molecule has 30 heavy (non-hydrogen) atoms. The minimum absolute atomic E-state index is 0.274. The summed E-state index contributed by atoms with van der Waals surface area (Å²) in [5.74, 6) is 0.966. The summed E-state index contributed by atoms with van der Waals surface area (Å²) < 4.78 is 25.6. The van der Waals surface area contributed by atoms with Crippen molar-refractivity contribution in [2.45, 2.75) is 26.2 Å². The average Bonchev–Trinajstić information content (AvgIpc) is 2.75. The Hall–Kier alpha value is -2.41. The fraction of sp³-hybridized carbons (Fsp3) is 0.250. The maximum atomic E-state index is 13.1. The van der Waals surface area contributed by atoms with Gasteiger partial charge in [0.1, 0.15) is 12.4 Å². The Morgan fingerprint density at radius 1 is 1.00 bits per heavy atom.